The summed E-state index contributed by atoms with van der Waals surface area (Å²) < 4.78 is 0. The Labute approximate surface area is 96.2 Å². The fourth-order valence-electron chi connectivity index (χ4n) is 1.86. The lowest BCUT2D eigenvalue weighted by Crippen LogP contribution is -2.40. The molecule has 1 heterocycles. The highest BCUT2D eigenvalue weighted by Crippen LogP contribution is 2.16. The molecule has 0 amide bonds. The molecular formula is C11H21NO2S. The molecule has 1 unspecified atom stereocenters. The third-order valence-electron chi connectivity index (χ3n) is 2.84. The molecule has 1 saturated heterocycles. The number of carboxylic acids is 1. The van der Waals surface area contributed by atoms with Crippen LogP contribution in [0, 0.1) is 0 Å². The third-order valence-corrected chi connectivity index (χ3v) is 4.03. The zero-order valence-electron chi connectivity index (χ0n) is 9.45. The van der Waals surface area contributed by atoms with Crippen LogP contribution >= 0.6 is 11.8 Å². The Morgan fingerprint density at radius 3 is 2.93 bits per heavy atom. The molecule has 1 N–H and O–H groups in total. The van der Waals surface area contributed by atoms with Gasteiger partial charge >= 0.3 is 5.97 Å². The average Bonchev–Trinajstić information content (AvgIpc) is 2.20. The molecule has 3 nitrogen and oxygen atoms in total. The van der Waals surface area contributed by atoms with Crippen LogP contribution in [-0.2, 0) is 4.79 Å². The first-order valence-electron chi connectivity index (χ1n) is 5.73. The summed E-state index contributed by atoms with van der Waals surface area (Å²) in [6.07, 6.45) is 3.34. The molecule has 1 atom stereocenters. The Bertz CT molecular complexity index is 199. The molecule has 88 valence electrons. The lowest BCUT2D eigenvalue weighted by molar-refractivity contribution is -0.137. The van der Waals surface area contributed by atoms with Crippen LogP contribution in [0.1, 0.15) is 32.6 Å². The van der Waals surface area contributed by atoms with Crippen molar-refractivity contribution in [2.75, 3.05) is 24.6 Å². The van der Waals surface area contributed by atoms with E-state index < -0.39 is 5.97 Å². The van der Waals surface area contributed by atoms with Crippen LogP contribution in [0.25, 0.3) is 0 Å². The van der Waals surface area contributed by atoms with Crippen molar-refractivity contribution in [3.05, 3.63) is 0 Å². The topological polar surface area (TPSA) is 40.5 Å². The summed E-state index contributed by atoms with van der Waals surface area (Å²) in [6, 6.07) is 0.697. The number of thioether (sulfide) groups is 1. The van der Waals surface area contributed by atoms with E-state index in [1.807, 2.05) is 11.8 Å². The Balaban J connectivity index is 2.01. The maximum Gasteiger partial charge on any atom is 0.303 e. The minimum atomic E-state index is -0.669. The van der Waals surface area contributed by atoms with Gasteiger partial charge < -0.3 is 5.11 Å². The number of carbonyl (C=O) groups is 1. The molecule has 15 heavy (non-hydrogen) atoms. The smallest absolute Gasteiger partial charge is 0.303 e. The predicted molar refractivity (Wildman–Crippen MR) is 64.5 cm³/mol. The highest BCUT2D eigenvalue weighted by atomic mass is 32.2. The summed E-state index contributed by atoms with van der Waals surface area (Å²) in [5.41, 5.74) is 0. The molecule has 0 aromatic rings. The molecular weight excluding hydrogens is 210 g/mol. The van der Waals surface area contributed by atoms with Crippen molar-refractivity contribution in [3.8, 4) is 0 Å². The number of unbranched alkanes of at least 4 members (excludes halogenated alkanes) is 2. The van der Waals surface area contributed by atoms with E-state index >= 15 is 0 Å². The van der Waals surface area contributed by atoms with Gasteiger partial charge in [0, 0.05) is 30.5 Å². The van der Waals surface area contributed by atoms with Gasteiger partial charge in [-0.25, -0.2) is 0 Å². The minimum Gasteiger partial charge on any atom is -0.481 e. The lowest BCUT2D eigenvalue weighted by Gasteiger charge is -2.32. The zero-order valence-corrected chi connectivity index (χ0v) is 10.3. The van der Waals surface area contributed by atoms with Gasteiger partial charge in [0.25, 0.3) is 0 Å². The number of hydrogen-bond donors (Lipinski definition) is 1. The van der Waals surface area contributed by atoms with Gasteiger partial charge in [0.1, 0.15) is 0 Å². The summed E-state index contributed by atoms with van der Waals surface area (Å²) >= 11 is 2.04. The summed E-state index contributed by atoms with van der Waals surface area (Å²) in [4.78, 5) is 12.8. The highest BCUT2D eigenvalue weighted by molar-refractivity contribution is 7.99. The van der Waals surface area contributed by atoms with Crippen molar-refractivity contribution in [2.45, 2.75) is 38.6 Å². The normalized spacial score (nSPS) is 22.9. The fourth-order valence-corrected chi connectivity index (χ4v) is 2.94. The molecule has 1 aliphatic rings. The van der Waals surface area contributed by atoms with Crippen LogP contribution in [0.2, 0.25) is 0 Å². The van der Waals surface area contributed by atoms with E-state index in [0.29, 0.717) is 12.5 Å². The molecule has 0 radical (unpaired) electrons. The Morgan fingerprint density at radius 2 is 2.27 bits per heavy atom. The first kappa shape index (κ1) is 12.8. The van der Waals surface area contributed by atoms with Crippen LogP contribution in [0.5, 0.6) is 0 Å². The number of nitrogens with zero attached hydrogens (tertiary/aromatic N) is 1. The molecule has 0 spiro atoms. The highest BCUT2D eigenvalue weighted by Gasteiger charge is 2.17. The molecule has 1 rings (SSSR count). The summed E-state index contributed by atoms with van der Waals surface area (Å²) in [6.45, 7) is 4.62. The Morgan fingerprint density at radius 1 is 1.47 bits per heavy atom. The van der Waals surface area contributed by atoms with Gasteiger partial charge in [-0.1, -0.05) is 6.42 Å². The summed E-state index contributed by atoms with van der Waals surface area (Å²) in [5.74, 6) is 1.83. The summed E-state index contributed by atoms with van der Waals surface area (Å²) in [5, 5.41) is 8.49. The number of aliphatic carboxylic acids is 1. The maximum absolute atomic E-state index is 10.3. The predicted octanol–water partition coefficient (Wildman–Crippen LogP) is 2.07. The van der Waals surface area contributed by atoms with E-state index in [4.69, 9.17) is 5.11 Å². The minimum absolute atomic E-state index is 0.325. The number of rotatable bonds is 6. The number of hydrogen-bond acceptors (Lipinski definition) is 3. The van der Waals surface area contributed by atoms with Gasteiger partial charge in [0.2, 0.25) is 0 Å². The molecule has 0 aliphatic carbocycles. The van der Waals surface area contributed by atoms with Gasteiger partial charge in [0.05, 0.1) is 0 Å². The van der Waals surface area contributed by atoms with Crippen molar-refractivity contribution in [1.82, 2.24) is 4.90 Å². The third kappa shape index (κ3) is 5.42. The molecule has 1 fully saturated rings. The first-order chi connectivity index (χ1) is 7.20. The van der Waals surface area contributed by atoms with E-state index in [1.54, 1.807) is 0 Å². The molecule has 0 aromatic heterocycles. The monoisotopic (exact) mass is 231 g/mol. The van der Waals surface area contributed by atoms with Crippen LogP contribution in [0.15, 0.2) is 0 Å². The standard InChI is InChI=1S/C11H21NO2S/c1-10-9-15-8-7-12(10)6-4-2-3-5-11(13)14/h10H,2-9H2,1H3,(H,13,14). The molecule has 0 aromatic carbocycles. The van der Waals surface area contributed by atoms with Crippen molar-refractivity contribution in [3.63, 3.8) is 0 Å². The van der Waals surface area contributed by atoms with Crippen LogP contribution in [-0.4, -0.2) is 46.6 Å². The molecule has 1 aliphatic heterocycles. The van der Waals surface area contributed by atoms with Gasteiger partial charge in [-0.15, -0.1) is 0 Å². The SMILES string of the molecule is CC1CSCCN1CCCCCC(=O)O. The number of carboxylic acid groups (broad SMARTS) is 1. The second-order valence-corrected chi connectivity index (χ2v) is 5.31. The van der Waals surface area contributed by atoms with Crippen LogP contribution in [0.4, 0.5) is 0 Å². The van der Waals surface area contributed by atoms with E-state index in [-0.39, 0.29) is 0 Å². The quantitative estimate of drug-likeness (QED) is 0.710. The largest absolute Gasteiger partial charge is 0.481 e. The lowest BCUT2D eigenvalue weighted by atomic mass is 10.1. The van der Waals surface area contributed by atoms with E-state index in [0.717, 1.165) is 25.8 Å². The van der Waals surface area contributed by atoms with Gasteiger partial charge in [-0.2, -0.15) is 11.8 Å². The second kappa shape index (κ2) is 7.12. The van der Waals surface area contributed by atoms with Crippen molar-refractivity contribution in [1.29, 1.82) is 0 Å². The van der Waals surface area contributed by atoms with Crippen LogP contribution in [0.3, 0.4) is 0 Å². The first-order valence-corrected chi connectivity index (χ1v) is 6.89. The van der Waals surface area contributed by atoms with E-state index in [9.17, 15) is 4.79 Å². The van der Waals surface area contributed by atoms with Gasteiger partial charge in [-0.3, -0.25) is 9.69 Å². The van der Waals surface area contributed by atoms with Crippen molar-refractivity contribution < 1.29 is 9.90 Å². The molecule has 0 saturated carbocycles. The van der Waals surface area contributed by atoms with Crippen molar-refractivity contribution >= 4 is 17.7 Å². The van der Waals surface area contributed by atoms with Gasteiger partial charge in [0.15, 0.2) is 0 Å². The molecule has 4 heteroatoms. The van der Waals surface area contributed by atoms with Gasteiger partial charge in [-0.05, 0) is 26.3 Å². The average molecular weight is 231 g/mol. The fraction of sp³-hybridized carbons (Fsp3) is 0.909. The second-order valence-electron chi connectivity index (χ2n) is 4.16. The van der Waals surface area contributed by atoms with Crippen molar-refractivity contribution in [2.24, 2.45) is 0 Å². The van der Waals surface area contributed by atoms with E-state index in [2.05, 4.69) is 11.8 Å². The van der Waals surface area contributed by atoms with Crippen LogP contribution < -0.4 is 0 Å². The maximum atomic E-state index is 10.3. The zero-order chi connectivity index (χ0) is 11.1. The Kier molecular flexibility index (Phi) is 6.10. The molecule has 0 bridgehead atoms. The van der Waals surface area contributed by atoms with E-state index in [1.165, 1.54) is 18.1 Å². The Hall–Kier alpha value is -0.220. The summed E-state index contributed by atoms with van der Waals surface area (Å²) in [7, 11) is 0.